The summed E-state index contributed by atoms with van der Waals surface area (Å²) in [4.78, 5) is 35.8. The number of amides is 1. The molecule has 1 heterocycles. The van der Waals surface area contributed by atoms with Crippen molar-refractivity contribution in [2.24, 2.45) is 5.92 Å². The number of fused-ring (bicyclic) bond motifs is 1. The van der Waals surface area contributed by atoms with Crippen LogP contribution in [0.4, 0.5) is 11.4 Å². The number of carbonyl (C=O) groups excluding carboxylic acids is 2. The summed E-state index contributed by atoms with van der Waals surface area (Å²) >= 11 is 0. The number of aliphatic hydroxyl groups excluding tert-OH is 1. The number of nitro groups is 1. The third-order valence-electron chi connectivity index (χ3n) is 5.91. The van der Waals surface area contributed by atoms with Crippen LogP contribution in [0, 0.1) is 16.0 Å². The number of para-hydroxylation sites is 1. The van der Waals surface area contributed by atoms with Crippen LogP contribution in [-0.4, -0.2) is 54.5 Å². The lowest BCUT2D eigenvalue weighted by Gasteiger charge is -2.32. The Morgan fingerprint density at radius 1 is 1.28 bits per heavy atom. The molecule has 0 aromatic heterocycles. The van der Waals surface area contributed by atoms with Gasteiger partial charge in [0, 0.05) is 35.8 Å². The third-order valence-corrected chi connectivity index (χ3v) is 5.91. The van der Waals surface area contributed by atoms with Crippen LogP contribution in [-0.2, 0) is 20.9 Å². The Labute approximate surface area is 208 Å². The fourth-order valence-corrected chi connectivity index (χ4v) is 3.89. The normalized spacial score (nSPS) is 16.1. The maximum Gasteiger partial charge on any atom is 0.330 e. The summed E-state index contributed by atoms with van der Waals surface area (Å²) in [6, 6.07) is 10.1. The number of non-ortho nitro benzene ring substituents is 1. The number of benzene rings is 2. The average Bonchev–Trinajstić information content (AvgIpc) is 2.90. The Morgan fingerprint density at radius 2 is 2.06 bits per heavy atom. The van der Waals surface area contributed by atoms with Gasteiger partial charge in [-0.3, -0.25) is 14.9 Å². The molecule has 1 aliphatic heterocycles. The molecule has 0 aliphatic carbocycles. The molecule has 3 N–H and O–H groups in total. The molecule has 0 unspecified atom stereocenters. The van der Waals surface area contributed by atoms with Crippen molar-refractivity contribution in [1.29, 1.82) is 0 Å². The molecule has 0 radical (unpaired) electrons. The van der Waals surface area contributed by atoms with Gasteiger partial charge in [0.25, 0.3) is 11.6 Å². The molecule has 1 amide bonds. The van der Waals surface area contributed by atoms with Gasteiger partial charge in [0.05, 0.1) is 30.8 Å². The van der Waals surface area contributed by atoms with Gasteiger partial charge in [0.2, 0.25) is 6.29 Å². The van der Waals surface area contributed by atoms with Crippen molar-refractivity contribution in [1.82, 2.24) is 5.32 Å². The fraction of sp³-hybridized carbons (Fsp3) is 0.440. The number of rotatable bonds is 12. The minimum atomic E-state index is -1.15. The first-order chi connectivity index (χ1) is 17.4. The minimum absolute atomic E-state index is 0.0448. The van der Waals surface area contributed by atoms with Crippen LogP contribution in [0.5, 0.6) is 5.75 Å². The predicted molar refractivity (Wildman–Crippen MR) is 131 cm³/mol. The number of unbranched alkanes of at least 4 members (excludes halogenated alkanes) is 1. The first-order valence-corrected chi connectivity index (χ1v) is 11.8. The van der Waals surface area contributed by atoms with Gasteiger partial charge < -0.3 is 30.0 Å². The molecule has 2 aromatic rings. The van der Waals surface area contributed by atoms with Gasteiger partial charge in [-0.25, -0.2) is 4.79 Å². The van der Waals surface area contributed by atoms with Gasteiger partial charge >= 0.3 is 5.97 Å². The first-order valence-electron chi connectivity index (χ1n) is 11.8. The van der Waals surface area contributed by atoms with E-state index in [0.717, 1.165) is 36.6 Å². The molecule has 0 saturated carbocycles. The number of ether oxygens (including phenoxy) is 3. The van der Waals surface area contributed by atoms with E-state index in [1.807, 2.05) is 24.3 Å². The second-order valence-electron chi connectivity index (χ2n) is 8.41. The van der Waals surface area contributed by atoms with Gasteiger partial charge in [-0.05, 0) is 18.6 Å². The van der Waals surface area contributed by atoms with Crippen LogP contribution in [0.15, 0.2) is 42.5 Å². The zero-order valence-corrected chi connectivity index (χ0v) is 20.3. The first kappa shape index (κ1) is 26.9. The third kappa shape index (κ3) is 6.70. The number of hydrogen-bond donors (Lipinski definition) is 3. The van der Waals surface area contributed by atoms with Crippen molar-refractivity contribution >= 4 is 23.3 Å². The maximum absolute atomic E-state index is 13.2. The molecular weight excluding hydrogens is 470 g/mol. The second-order valence-corrected chi connectivity index (χ2v) is 8.41. The van der Waals surface area contributed by atoms with E-state index < -0.39 is 35.7 Å². The molecular formula is C25H31N3O8. The molecule has 3 rings (SSSR count). The van der Waals surface area contributed by atoms with E-state index in [2.05, 4.69) is 22.3 Å². The molecule has 3 atom stereocenters. The van der Waals surface area contributed by atoms with E-state index in [0.29, 0.717) is 6.61 Å². The van der Waals surface area contributed by atoms with E-state index in [1.165, 1.54) is 19.2 Å². The van der Waals surface area contributed by atoms with Crippen molar-refractivity contribution in [2.75, 3.05) is 25.6 Å². The van der Waals surface area contributed by atoms with Crippen molar-refractivity contribution in [3.63, 3.8) is 0 Å². The molecule has 36 heavy (non-hydrogen) atoms. The molecule has 0 spiro atoms. The maximum atomic E-state index is 13.2. The minimum Gasteiger partial charge on any atom is -0.467 e. The van der Waals surface area contributed by atoms with Gasteiger partial charge in [-0.15, -0.1) is 0 Å². The quantitative estimate of drug-likeness (QED) is 0.227. The molecule has 2 aromatic carbocycles. The van der Waals surface area contributed by atoms with Crippen molar-refractivity contribution in [3.05, 3.63) is 63.7 Å². The molecule has 194 valence electrons. The Morgan fingerprint density at radius 3 is 2.75 bits per heavy atom. The lowest BCUT2D eigenvalue weighted by atomic mass is 10.00. The Kier molecular flexibility index (Phi) is 9.60. The van der Waals surface area contributed by atoms with E-state index in [1.54, 1.807) is 0 Å². The smallest absolute Gasteiger partial charge is 0.330 e. The second kappa shape index (κ2) is 12.8. The van der Waals surface area contributed by atoms with Gasteiger partial charge in [0.1, 0.15) is 11.8 Å². The van der Waals surface area contributed by atoms with Gasteiger partial charge in [-0.2, -0.15) is 0 Å². The number of nitro benzene ring substituents is 1. The van der Waals surface area contributed by atoms with E-state index in [4.69, 9.17) is 9.47 Å². The van der Waals surface area contributed by atoms with Crippen LogP contribution >= 0.6 is 0 Å². The van der Waals surface area contributed by atoms with Crippen LogP contribution in [0.3, 0.4) is 0 Å². The highest BCUT2D eigenvalue weighted by atomic mass is 16.7. The summed E-state index contributed by atoms with van der Waals surface area (Å²) < 4.78 is 16.6. The number of hydrogen-bond acceptors (Lipinski definition) is 9. The molecule has 1 aliphatic rings. The van der Waals surface area contributed by atoms with Gasteiger partial charge in [0.15, 0.2) is 0 Å². The molecule has 11 heteroatoms. The summed E-state index contributed by atoms with van der Waals surface area (Å²) in [5.41, 5.74) is 0.758. The van der Waals surface area contributed by atoms with Gasteiger partial charge in [-0.1, -0.05) is 38.0 Å². The molecule has 0 saturated heterocycles. The lowest BCUT2D eigenvalue weighted by molar-refractivity contribution is -0.384. The highest BCUT2D eigenvalue weighted by Gasteiger charge is 2.29. The predicted octanol–water partition coefficient (Wildman–Crippen LogP) is 3.01. The number of methoxy groups -OCH3 is 1. The van der Waals surface area contributed by atoms with Crippen LogP contribution < -0.4 is 15.4 Å². The van der Waals surface area contributed by atoms with E-state index in [-0.39, 0.29) is 29.4 Å². The fourth-order valence-electron chi connectivity index (χ4n) is 3.89. The summed E-state index contributed by atoms with van der Waals surface area (Å²) in [6.45, 7) is 2.07. The van der Waals surface area contributed by atoms with E-state index in [9.17, 15) is 24.8 Å². The Bertz CT molecular complexity index is 1080. The summed E-state index contributed by atoms with van der Waals surface area (Å²) in [7, 11) is 1.17. The van der Waals surface area contributed by atoms with E-state index >= 15 is 0 Å². The number of anilines is 1. The number of aliphatic hydroxyl groups is 1. The topological polar surface area (TPSA) is 149 Å². The number of esters is 1. The molecule has 11 nitrogen and oxygen atoms in total. The molecule has 0 fully saturated rings. The Balaban J connectivity index is 1.78. The lowest BCUT2D eigenvalue weighted by Crippen LogP contribution is -2.41. The van der Waals surface area contributed by atoms with Crippen LogP contribution in [0.2, 0.25) is 0 Å². The Hall–Kier alpha value is -3.70. The summed E-state index contributed by atoms with van der Waals surface area (Å²) in [5.74, 6) is -0.753. The number of nitrogens with one attached hydrogen (secondary N) is 2. The number of carbonyl (C=O) groups is 2. The largest absolute Gasteiger partial charge is 0.467 e. The zero-order chi connectivity index (χ0) is 26.1. The SMILES string of the molecule is CCCC[C@@H](CNC(=O)c1cc([N+](=O)[O-])ccc1N[C@@H](CO)C(=O)OC)[C@H]1OCc2ccccc2O1. The summed E-state index contributed by atoms with van der Waals surface area (Å²) in [6.07, 6.45) is 2.01. The standard InChI is InChI=1S/C25H31N3O8/c1-3-4-7-16(25-35-15-17-8-5-6-9-22(17)36-25)13-26-23(30)19-12-18(28(32)33)10-11-20(19)27-21(14-29)24(31)34-2/h5-6,8-12,16,21,25,27,29H,3-4,7,13-15H2,1-2H3,(H,26,30)/t16-,21-,25-/m0/s1. The highest BCUT2D eigenvalue weighted by molar-refractivity contribution is 6.01. The number of nitrogens with zero attached hydrogens (tertiary/aromatic N) is 1. The zero-order valence-electron chi connectivity index (χ0n) is 20.3. The average molecular weight is 502 g/mol. The van der Waals surface area contributed by atoms with Crippen molar-refractivity contribution in [2.45, 2.75) is 45.1 Å². The van der Waals surface area contributed by atoms with Crippen LogP contribution in [0.25, 0.3) is 0 Å². The van der Waals surface area contributed by atoms with Crippen molar-refractivity contribution < 1.29 is 33.8 Å². The van der Waals surface area contributed by atoms with Crippen molar-refractivity contribution in [3.8, 4) is 5.75 Å². The highest BCUT2D eigenvalue weighted by Crippen LogP contribution is 2.30. The molecule has 0 bridgehead atoms. The summed E-state index contributed by atoms with van der Waals surface area (Å²) in [5, 5.41) is 26.4. The van der Waals surface area contributed by atoms with Crippen LogP contribution in [0.1, 0.15) is 42.1 Å². The monoisotopic (exact) mass is 501 g/mol.